The molecule has 1 amide bonds. The molecule has 2 aromatic heterocycles. The third kappa shape index (κ3) is 2.18. The Morgan fingerprint density at radius 2 is 2.44 bits per heavy atom. The summed E-state index contributed by atoms with van der Waals surface area (Å²) in [6.07, 6.45) is 7.77. The van der Waals surface area contributed by atoms with Gasteiger partial charge in [-0.25, -0.2) is 4.98 Å². The van der Waals surface area contributed by atoms with Crippen molar-refractivity contribution in [3.05, 3.63) is 41.1 Å². The van der Waals surface area contributed by atoms with Gasteiger partial charge < -0.3 is 9.47 Å². The number of piperidine rings is 1. The smallest absolute Gasteiger partial charge is 0.254 e. The van der Waals surface area contributed by atoms with Crippen LogP contribution in [0.15, 0.2) is 35.5 Å². The summed E-state index contributed by atoms with van der Waals surface area (Å²) in [6.45, 7) is 1.64. The highest BCUT2D eigenvalue weighted by atomic mass is 32.1. The predicted molar refractivity (Wildman–Crippen MR) is 70.7 cm³/mol. The molecule has 0 radical (unpaired) electrons. The standard InChI is InChI=1S/C13H15N3OS/c17-13(11-3-7-18-9-11)15-5-1-2-12(8-15)16-6-4-14-10-16/h3-4,6-7,9-10,12H,1-2,5,8H2/t12-/m0/s1. The van der Waals surface area contributed by atoms with Crippen molar-refractivity contribution < 1.29 is 4.79 Å². The van der Waals surface area contributed by atoms with Crippen LogP contribution in [0.5, 0.6) is 0 Å². The van der Waals surface area contributed by atoms with E-state index in [9.17, 15) is 4.79 Å². The summed E-state index contributed by atoms with van der Waals surface area (Å²) in [7, 11) is 0. The number of hydrogen-bond acceptors (Lipinski definition) is 3. The van der Waals surface area contributed by atoms with Crippen LogP contribution < -0.4 is 0 Å². The number of aromatic nitrogens is 2. The minimum absolute atomic E-state index is 0.154. The average Bonchev–Trinajstić information content (AvgIpc) is 3.11. The molecule has 1 atom stereocenters. The normalized spacial score (nSPS) is 20.0. The lowest BCUT2D eigenvalue weighted by Crippen LogP contribution is -2.40. The summed E-state index contributed by atoms with van der Waals surface area (Å²) in [5.74, 6) is 0.154. The van der Waals surface area contributed by atoms with E-state index in [0.29, 0.717) is 6.04 Å². The van der Waals surface area contributed by atoms with E-state index in [2.05, 4.69) is 9.55 Å². The highest BCUT2D eigenvalue weighted by molar-refractivity contribution is 7.08. The second-order valence-electron chi connectivity index (χ2n) is 4.57. The molecule has 1 fully saturated rings. The Morgan fingerprint density at radius 1 is 1.50 bits per heavy atom. The van der Waals surface area contributed by atoms with Gasteiger partial charge in [0.1, 0.15) is 0 Å². The van der Waals surface area contributed by atoms with Gasteiger partial charge in [0, 0.05) is 30.9 Å². The number of hydrogen-bond donors (Lipinski definition) is 0. The Morgan fingerprint density at radius 3 is 3.17 bits per heavy atom. The van der Waals surface area contributed by atoms with E-state index < -0.39 is 0 Å². The van der Waals surface area contributed by atoms with Crippen molar-refractivity contribution >= 4 is 17.2 Å². The minimum atomic E-state index is 0.154. The molecule has 1 aliphatic heterocycles. The Hall–Kier alpha value is -1.62. The number of carbonyl (C=O) groups excluding carboxylic acids is 1. The molecule has 1 saturated heterocycles. The Labute approximate surface area is 110 Å². The van der Waals surface area contributed by atoms with Gasteiger partial charge in [-0.2, -0.15) is 11.3 Å². The van der Waals surface area contributed by atoms with Crippen LogP contribution in [-0.2, 0) is 0 Å². The molecule has 0 saturated carbocycles. The van der Waals surface area contributed by atoms with Gasteiger partial charge in [-0.05, 0) is 24.3 Å². The third-order valence-corrected chi connectivity index (χ3v) is 4.08. The molecule has 0 bridgehead atoms. The average molecular weight is 261 g/mol. The number of rotatable bonds is 2. The van der Waals surface area contributed by atoms with E-state index in [1.165, 1.54) is 0 Å². The van der Waals surface area contributed by atoms with Crippen molar-refractivity contribution in [1.82, 2.24) is 14.5 Å². The van der Waals surface area contributed by atoms with Crippen molar-refractivity contribution in [1.29, 1.82) is 0 Å². The molecule has 0 aliphatic carbocycles. The summed E-state index contributed by atoms with van der Waals surface area (Å²) in [5.41, 5.74) is 0.811. The number of carbonyl (C=O) groups is 1. The SMILES string of the molecule is O=C(c1ccsc1)N1CCC[C@H](n2ccnc2)C1. The minimum Gasteiger partial charge on any atom is -0.337 e. The first kappa shape index (κ1) is 11.5. The molecule has 3 heterocycles. The zero-order valence-electron chi connectivity index (χ0n) is 10.0. The fraction of sp³-hybridized carbons (Fsp3) is 0.385. The zero-order chi connectivity index (χ0) is 12.4. The molecule has 1 aliphatic rings. The maximum absolute atomic E-state index is 12.3. The van der Waals surface area contributed by atoms with E-state index in [1.807, 2.05) is 34.3 Å². The molecule has 3 rings (SSSR count). The van der Waals surface area contributed by atoms with Gasteiger partial charge in [0.15, 0.2) is 0 Å². The van der Waals surface area contributed by atoms with Gasteiger partial charge in [-0.15, -0.1) is 0 Å². The molecule has 18 heavy (non-hydrogen) atoms. The predicted octanol–water partition coefficient (Wildman–Crippen LogP) is 2.42. The third-order valence-electron chi connectivity index (χ3n) is 3.40. The molecule has 94 valence electrons. The van der Waals surface area contributed by atoms with Crippen LogP contribution in [0.3, 0.4) is 0 Å². The number of amides is 1. The maximum atomic E-state index is 12.3. The van der Waals surface area contributed by atoms with Crippen LogP contribution in [0.2, 0.25) is 0 Å². The fourth-order valence-corrected chi connectivity index (χ4v) is 3.07. The maximum Gasteiger partial charge on any atom is 0.254 e. The van der Waals surface area contributed by atoms with Gasteiger partial charge in [-0.3, -0.25) is 4.79 Å². The summed E-state index contributed by atoms with van der Waals surface area (Å²) in [6, 6.07) is 2.26. The van der Waals surface area contributed by atoms with Gasteiger partial charge in [-0.1, -0.05) is 0 Å². The molecule has 2 aromatic rings. The van der Waals surface area contributed by atoms with Crippen LogP contribution in [0.25, 0.3) is 0 Å². The first-order valence-electron chi connectivity index (χ1n) is 6.13. The van der Waals surface area contributed by atoms with E-state index >= 15 is 0 Å². The highest BCUT2D eigenvalue weighted by Gasteiger charge is 2.25. The van der Waals surface area contributed by atoms with Gasteiger partial charge in [0.05, 0.1) is 17.9 Å². The first-order chi connectivity index (χ1) is 8.84. The Balaban J connectivity index is 1.73. The largest absolute Gasteiger partial charge is 0.337 e. The highest BCUT2D eigenvalue weighted by Crippen LogP contribution is 2.23. The van der Waals surface area contributed by atoms with E-state index in [1.54, 1.807) is 17.5 Å². The van der Waals surface area contributed by atoms with E-state index in [4.69, 9.17) is 0 Å². The van der Waals surface area contributed by atoms with Crippen LogP contribution in [-0.4, -0.2) is 33.4 Å². The lowest BCUT2D eigenvalue weighted by Gasteiger charge is -2.33. The van der Waals surface area contributed by atoms with Crippen LogP contribution >= 0.6 is 11.3 Å². The van der Waals surface area contributed by atoms with Gasteiger partial charge in [0.25, 0.3) is 5.91 Å². The quantitative estimate of drug-likeness (QED) is 0.832. The molecule has 0 spiro atoms. The Bertz CT molecular complexity index is 506. The Kier molecular flexibility index (Phi) is 3.15. The van der Waals surface area contributed by atoms with Crippen molar-refractivity contribution in [2.75, 3.05) is 13.1 Å². The molecule has 4 nitrogen and oxygen atoms in total. The summed E-state index contributed by atoms with van der Waals surface area (Å²) >= 11 is 1.57. The van der Waals surface area contributed by atoms with Gasteiger partial charge >= 0.3 is 0 Å². The molecule has 0 aromatic carbocycles. The number of likely N-dealkylation sites (tertiary alicyclic amines) is 1. The van der Waals surface area contributed by atoms with Crippen molar-refractivity contribution in [2.24, 2.45) is 0 Å². The molecular formula is C13H15N3OS. The van der Waals surface area contributed by atoms with Crippen LogP contribution in [0.1, 0.15) is 29.2 Å². The summed E-state index contributed by atoms with van der Waals surface area (Å²) < 4.78 is 2.10. The fourth-order valence-electron chi connectivity index (χ4n) is 2.44. The van der Waals surface area contributed by atoms with Crippen LogP contribution in [0, 0.1) is 0 Å². The molecule has 5 heteroatoms. The van der Waals surface area contributed by atoms with Gasteiger partial charge in [0.2, 0.25) is 0 Å². The second-order valence-corrected chi connectivity index (χ2v) is 5.35. The first-order valence-corrected chi connectivity index (χ1v) is 7.08. The lowest BCUT2D eigenvalue weighted by atomic mass is 10.0. The summed E-state index contributed by atoms with van der Waals surface area (Å²) in [4.78, 5) is 18.3. The second kappa shape index (κ2) is 4.94. The van der Waals surface area contributed by atoms with Crippen molar-refractivity contribution in [3.63, 3.8) is 0 Å². The van der Waals surface area contributed by atoms with E-state index in [-0.39, 0.29) is 5.91 Å². The number of imidazole rings is 1. The van der Waals surface area contributed by atoms with Crippen molar-refractivity contribution in [3.8, 4) is 0 Å². The topological polar surface area (TPSA) is 38.1 Å². The molecule has 0 unspecified atom stereocenters. The van der Waals surface area contributed by atoms with Crippen LogP contribution in [0.4, 0.5) is 0 Å². The lowest BCUT2D eigenvalue weighted by molar-refractivity contribution is 0.0680. The number of nitrogens with zero attached hydrogens (tertiary/aromatic N) is 3. The van der Waals surface area contributed by atoms with Crippen molar-refractivity contribution in [2.45, 2.75) is 18.9 Å². The molecule has 0 N–H and O–H groups in total. The van der Waals surface area contributed by atoms with E-state index in [0.717, 1.165) is 31.5 Å². The zero-order valence-corrected chi connectivity index (χ0v) is 10.8. The monoisotopic (exact) mass is 261 g/mol. The molecular weight excluding hydrogens is 246 g/mol. The summed E-state index contributed by atoms with van der Waals surface area (Å²) in [5, 5.41) is 3.87. The number of thiophene rings is 1.